The fourth-order valence-electron chi connectivity index (χ4n) is 1.95. The van der Waals surface area contributed by atoms with Crippen molar-refractivity contribution in [3.8, 4) is 0 Å². The summed E-state index contributed by atoms with van der Waals surface area (Å²) in [5.41, 5.74) is 2.92. The molecule has 0 aliphatic heterocycles. The molecule has 0 saturated heterocycles. The Morgan fingerprint density at radius 1 is 1.07 bits per heavy atom. The molecule has 2 aromatic carbocycles. The molecule has 3 rings (SSSR count). The zero-order valence-corrected chi connectivity index (χ0v) is 9.01. The minimum atomic E-state index is 0.756. The Labute approximate surface area is 93.0 Å². The number of benzene rings is 2. The molecule has 3 heteroatoms. The molecule has 0 aliphatic rings. The highest BCUT2D eigenvalue weighted by Gasteiger charge is 2.08. The lowest BCUT2D eigenvalue weighted by Crippen LogP contribution is -2.01. The van der Waals surface area contributed by atoms with Gasteiger partial charge in [-0.15, -0.1) is 0 Å². The molecule has 15 heavy (non-hydrogen) atoms. The fourth-order valence-corrected chi connectivity index (χ4v) is 2.23. The average Bonchev–Trinajstić information content (AvgIpc) is 2.57. The van der Waals surface area contributed by atoms with E-state index in [4.69, 9.17) is 16.0 Å². The van der Waals surface area contributed by atoms with E-state index in [1.165, 1.54) is 0 Å². The second kappa shape index (κ2) is 3.04. The average molecular weight is 214 g/mol. The van der Waals surface area contributed by atoms with Crippen molar-refractivity contribution in [2.45, 2.75) is 0 Å². The summed E-state index contributed by atoms with van der Waals surface area (Å²) in [6.07, 6.45) is 0. The summed E-state index contributed by atoms with van der Waals surface area (Å²) in [6.45, 7) is 0. The Kier molecular flexibility index (Phi) is 1.80. The fraction of sp³-hybridized carbons (Fsp3) is 0. The van der Waals surface area contributed by atoms with E-state index in [0.717, 1.165) is 32.4 Å². The van der Waals surface area contributed by atoms with Crippen molar-refractivity contribution < 1.29 is 4.42 Å². The van der Waals surface area contributed by atoms with Gasteiger partial charge in [-0.25, -0.2) is 0 Å². The molecule has 0 bridgehead atoms. The molecule has 3 aromatic rings. The van der Waals surface area contributed by atoms with Crippen LogP contribution in [0.15, 0.2) is 40.8 Å². The van der Waals surface area contributed by atoms with Gasteiger partial charge in [-0.05, 0) is 23.7 Å². The Hall–Kier alpha value is -1.41. The van der Waals surface area contributed by atoms with Gasteiger partial charge in [-0.2, -0.15) is 0 Å². The van der Waals surface area contributed by atoms with E-state index in [1.807, 2.05) is 38.2 Å². The number of para-hydroxylation sites is 1. The van der Waals surface area contributed by atoms with E-state index < -0.39 is 0 Å². The van der Waals surface area contributed by atoms with Crippen LogP contribution in [0.5, 0.6) is 0 Å². The zero-order chi connectivity index (χ0) is 10.4. The van der Waals surface area contributed by atoms with Crippen LogP contribution in [0, 0.1) is 0 Å². The molecule has 0 N–H and O–H groups in total. The minimum Gasteiger partial charge on any atom is -0.457 e. The van der Waals surface area contributed by atoms with Gasteiger partial charge in [0.1, 0.15) is 19.0 Å². The van der Waals surface area contributed by atoms with Gasteiger partial charge in [0.2, 0.25) is 0 Å². The predicted octanol–water partition coefficient (Wildman–Crippen LogP) is 2.50. The molecular formula is C12H8BClO. The molecule has 0 saturated carbocycles. The molecule has 1 aromatic heterocycles. The molecule has 0 spiro atoms. The molecule has 0 amide bonds. The predicted molar refractivity (Wildman–Crippen MR) is 66.9 cm³/mol. The second-order valence-corrected chi connectivity index (χ2v) is 4.13. The van der Waals surface area contributed by atoms with E-state index in [0.29, 0.717) is 0 Å². The largest absolute Gasteiger partial charge is 0.457 e. The van der Waals surface area contributed by atoms with Crippen LogP contribution in [0.1, 0.15) is 0 Å². The lowest BCUT2D eigenvalue weighted by molar-refractivity contribution is 0.671. The maximum absolute atomic E-state index is 6.04. The summed E-state index contributed by atoms with van der Waals surface area (Å²) < 4.78 is 5.78. The topological polar surface area (TPSA) is 13.1 Å². The second-order valence-electron chi connectivity index (χ2n) is 3.70. The summed E-state index contributed by atoms with van der Waals surface area (Å²) in [5, 5.41) is 2.97. The van der Waals surface area contributed by atoms with Gasteiger partial charge in [-0.1, -0.05) is 29.8 Å². The molecule has 1 nitrogen and oxygen atoms in total. The summed E-state index contributed by atoms with van der Waals surface area (Å²) in [7, 11) is 2.01. The van der Waals surface area contributed by atoms with E-state index in [9.17, 15) is 0 Å². The van der Waals surface area contributed by atoms with E-state index in [2.05, 4.69) is 6.07 Å². The van der Waals surface area contributed by atoms with Crippen molar-refractivity contribution in [3.05, 3.63) is 41.4 Å². The van der Waals surface area contributed by atoms with Gasteiger partial charge in [0.05, 0.1) is 0 Å². The van der Waals surface area contributed by atoms with Crippen LogP contribution in [0.2, 0.25) is 5.02 Å². The minimum absolute atomic E-state index is 0.756. The first kappa shape index (κ1) is 8.87. The van der Waals surface area contributed by atoms with Gasteiger partial charge in [0.25, 0.3) is 0 Å². The highest BCUT2D eigenvalue weighted by Crippen LogP contribution is 2.28. The van der Waals surface area contributed by atoms with Crippen LogP contribution in [0.3, 0.4) is 0 Å². The molecule has 72 valence electrons. The third-order valence-electron chi connectivity index (χ3n) is 2.63. The Balaban J connectivity index is 2.61. The van der Waals surface area contributed by atoms with Crippen molar-refractivity contribution in [3.63, 3.8) is 0 Å². The highest BCUT2D eigenvalue weighted by atomic mass is 35.5. The lowest BCUT2D eigenvalue weighted by atomic mass is 9.94. The Bertz CT molecular complexity index is 657. The van der Waals surface area contributed by atoms with Crippen LogP contribution in [-0.4, -0.2) is 7.85 Å². The van der Waals surface area contributed by atoms with E-state index >= 15 is 0 Å². The van der Waals surface area contributed by atoms with Gasteiger partial charge < -0.3 is 4.42 Å². The first-order valence-electron chi connectivity index (χ1n) is 4.83. The number of furan rings is 1. The quantitative estimate of drug-likeness (QED) is 0.524. The molecule has 0 unspecified atom stereocenters. The summed E-state index contributed by atoms with van der Waals surface area (Å²) in [6, 6.07) is 11.9. The molecule has 0 radical (unpaired) electrons. The van der Waals surface area contributed by atoms with Gasteiger partial charge in [0, 0.05) is 15.8 Å². The number of hydrogen-bond acceptors (Lipinski definition) is 1. The van der Waals surface area contributed by atoms with Crippen LogP contribution in [0.25, 0.3) is 21.9 Å². The van der Waals surface area contributed by atoms with Crippen LogP contribution in [0.4, 0.5) is 0 Å². The van der Waals surface area contributed by atoms with E-state index in [1.54, 1.807) is 0 Å². The monoisotopic (exact) mass is 214 g/mol. The maximum Gasteiger partial charge on any atom is 0.144 e. The van der Waals surface area contributed by atoms with Crippen molar-refractivity contribution in [2.24, 2.45) is 0 Å². The van der Waals surface area contributed by atoms with Crippen molar-refractivity contribution in [1.29, 1.82) is 0 Å². The number of fused-ring (bicyclic) bond motifs is 3. The summed E-state index contributed by atoms with van der Waals surface area (Å²) in [4.78, 5) is 0. The standard InChI is InChI=1S/C12H8BClO/c13-10-6-7(14)5-9-8-3-1-2-4-11(8)15-12(9)10/h1-6H,13H2. The number of hydrogen-bond donors (Lipinski definition) is 0. The summed E-state index contributed by atoms with van der Waals surface area (Å²) in [5.74, 6) is 0. The molecule has 0 aliphatic carbocycles. The third kappa shape index (κ3) is 1.25. The highest BCUT2D eigenvalue weighted by molar-refractivity contribution is 6.42. The van der Waals surface area contributed by atoms with Crippen molar-refractivity contribution in [1.82, 2.24) is 0 Å². The molecule has 0 fully saturated rings. The van der Waals surface area contributed by atoms with Gasteiger partial charge >= 0.3 is 0 Å². The van der Waals surface area contributed by atoms with Crippen molar-refractivity contribution in [2.75, 3.05) is 0 Å². The lowest BCUT2D eigenvalue weighted by Gasteiger charge is -1.95. The smallest absolute Gasteiger partial charge is 0.144 e. The van der Waals surface area contributed by atoms with Crippen LogP contribution in [-0.2, 0) is 0 Å². The van der Waals surface area contributed by atoms with Gasteiger partial charge in [-0.3, -0.25) is 0 Å². The van der Waals surface area contributed by atoms with Crippen LogP contribution >= 0.6 is 11.6 Å². The normalized spacial score (nSPS) is 11.3. The third-order valence-corrected chi connectivity index (χ3v) is 2.85. The van der Waals surface area contributed by atoms with Gasteiger partial charge in [0.15, 0.2) is 0 Å². The number of rotatable bonds is 0. The first-order valence-corrected chi connectivity index (χ1v) is 5.21. The maximum atomic E-state index is 6.04. The van der Waals surface area contributed by atoms with Crippen LogP contribution < -0.4 is 5.46 Å². The Morgan fingerprint density at radius 2 is 1.87 bits per heavy atom. The first-order chi connectivity index (χ1) is 7.25. The zero-order valence-electron chi connectivity index (χ0n) is 8.25. The molecule has 1 heterocycles. The Morgan fingerprint density at radius 3 is 2.73 bits per heavy atom. The SMILES string of the molecule is Bc1cc(Cl)cc2c1oc1ccccc12. The molecular weight excluding hydrogens is 206 g/mol. The summed E-state index contributed by atoms with van der Waals surface area (Å²) >= 11 is 6.04. The van der Waals surface area contributed by atoms with E-state index in [-0.39, 0.29) is 0 Å². The number of halogens is 1. The molecule has 0 atom stereocenters. The van der Waals surface area contributed by atoms with Crippen molar-refractivity contribution >= 4 is 46.8 Å².